The summed E-state index contributed by atoms with van der Waals surface area (Å²) in [6.07, 6.45) is 2.01. The number of aryl methyl sites for hydroxylation is 1. The van der Waals surface area contributed by atoms with E-state index in [4.69, 9.17) is 14.5 Å². The summed E-state index contributed by atoms with van der Waals surface area (Å²) in [4.78, 5) is 26.2. The Balaban J connectivity index is 1.27. The lowest BCUT2D eigenvalue weighted by Crippen LogP contribution is -2.35. The van der Waals surface area contributed by atoms with Crippen LogP contribution in [0.4, 0.5) is 4.39 Å². The Morgan fingerprint density at radius 1 is 1.19 bits per heavy atom. The van der Waals surface area contributed by atoms with Crippen molar-refractivity contribution in [1.82, 2.24) is 20.3 Å². The largest absolute Gasteiger partial charge is 0.485 e. The van der Waals surface area contributed by atoms with Crippen LogP contribution in [0.2, 0.25) is 0 Å². The van der Waals surface area contributed by atoms with E-state index in [1.807, 2.05) is 49.4 Å². The molecule has 1 unspecified atom stereocenters. The van der Waals surface area contributed by atoms with Gasteiger partial charge >= 0.3 is 0 Å². The fraction of sp³-hybridized carbons (Fsp3) is 0.214. The fourth-order valence-electron chi connectivity index (χ4n) is 4.64. The van der Waals surface area contributed by atoms with Crippen LogP contribution >= 0.6 is 11.3 Å². The minimum absolute atomic E-state index is 0.0967. The van der Waals surface area contributed by atoms with Crippen molar-refractivity contribution in [2.45, 2.75) is 25.9 Å². The van der Waals surface area contributed by atoms with Crippen LogP contribution in [0.25, 0.3) is 31.8 Å². The van der Waals surface area contributed by atoms with Crippen molar-refractivity contribution < 1.29 is 18.7 Å². The second-order valence-electron chi connectivity index (χ2n) is 9.04. The van der Waals surface area contributed by atoms with E-state index < -0.39 is 5.82 Å². The maximum Gasteiger partial charge on any atom is 0.232 e. The van der Waals surface area contributed by atoms with Crippen LogP contribution in [0.3, 0.4) is 0 Å². The van der Waals surface area contributed by atoms with E-state index in [0.29, 0.717) is 35.4 Å². The topological polar surface area (TPSA) is 86.2 Å². The lowest BCUT2D eigenvalue weighted by Gasteiger charge is -2.12. The van der Waals surface area contributed by atoms with E-state index in [2.05, 4.69) is 15.3 Å². The summed E-state index contributed by atoms with van der Waals surface area (Å²) in [5.41, 5.74) is 5.56. The van der Waals surface area contributed by atoms with Gasteiger partial charge in [0.15, 0.2) is 11.6 Å². The van der Waals surface area contributed by atoms with Crippen molar-refractivity contribution >= 4 is 38.5 Å². The Labute approximate surface area is 216 Å². The highest BCUT2D eigenvalue weighted by molar-refractivity contribution is 7.22. The van der Waals surface area contributed by atoms with Crippen LogP contribution in [-0.2, 0) is 17.6 Å². The number of hydrogen-bond donors (Lipinski definition) is 1. The van der Waals surface area contributed by atoms with Crippen LogP contribution < -0.4 is 14.8 Å². The second kappa shape index (κ2) is 9.40. The molecule has 37 heavy (non-hydrogen) atoms. The van der Waals surface area contributed by atoms with Crippen LogP contribution in [0, 0.1) is 12.7 Å². The second-order valence-corrected chi connectivity index (χ2v) is 10.0. The molecule has 0 saturated heterocycles. The van der Waals surface area contributed by atoms with Crippen molar-refractivity contribution in [3.05, 3.63) is 77.2 Å². The van der Waals surface area contributed by atoms with Gasteiger partial charge in [-0.05, 0) is 30.2 Å². The average Bonchev–Trinajstić information content (AvgIpc) is 3.52. The number of aromatic nitrogens is 3. The van der Waals surface area contributed by atoms with Gasteiger partial charge in [0.2, 0.25) is 11.8 Å². The highest BCUT2D eigenvalue weighted by atomic mass is 32.1. The van der Waals surface area contributed by atoms with Gasteiger partial charge in [-0.1, -0.05) is 30.3 Å². The van der Waals surface area contributed by atoms with Gasteiger partial charge in [0.1, 0.15) is 11.1 Å². The van der Waals surface area contributed by atoms with Crippen molar-refractivity contribution in [3.63, 3.8) is 0 Å². The minimum atomic E-state index is -0.448. The Kier molecular flexibility index (Phi) is 5.92. The molecule has 0 saturated carbocycles. The first kappa shape index (κ1) is 23.3. The van der Waals surface area contributed by atoms with Crippen molar-refractivity contribution in [2.75, 3.05) is 13.7 Å². The molecule has 5 aromatic rings. The van der Waals surface area contributed by atoms with Crippen molar-refractivity contribution in [2.24, 2.45) is 0 Å². The van der Waals surface area contributed by atoms with E-state index in [1.54, 1.807) is 13.3 Å². The molecule has 1 atom stereocenters. The van der Waals surface area contributed by atoms with Gasteiger partial charge in [-0.25, -0.2) is 19.3 Å². The lowest BCUT2D eigenvalue weighted by molar-refractivity contribution is -0.120. The molecule has 3 heterocycles. The summed E-state index contributed by atoms with van der Waals surface area (Å²) in [5.74, 6) is 0.132. The molecule has 1 amide bonds. The minimum Gasteiger partial charge on any atom is -0.485 e. The first-order valence-corrected chi connectivity index (χ1v) is 12.7. The van der Waals surface area contributed by atoms with Gasteiger partial charge in [-0.15, -0.1) is 11.3 Å². The number of benzene rings is 3. The van der Waals surface area contributed by atoms with Crippen molar-refractivity contribution in [1.29, 1.82) is 0 Å². The summed E-state index contributed by atoms with van der Waals surface area (Å²) >= 11 is 1.48. The number of nitrogens with zero attached hydrogens (tertiary/aromatic N) is 3. The molecule has 0 bridgehead atoms. The molecule has 0 spiro atoms. The third-order valence-electron chi connectivity index (χ3n) is 6.34. The number of hydrogen-bond acceptors (Lipinski definition) is 7. The molecule has 186 valence electrons. The van der Waals surface area contributed by atoms with Gasteiger partial charge in [0.05, 0.1) is 47.5 Å². The molecule has 2 aromatic heterocycles. The molecular weight excluding hydrogens is 491 g/mol. The molecular formula is C28H23FN4O3S. The van der Waals surface area contributed by atoms with Gasteiger partial charge in [0.25, 0.3) is 0 Å². The molecule has 0 aliphatic carbocycles. The number of methoxy groups -OCH3 is 1. The Morgan fingerprint density at radius 2 is 2.03 bits per heavy atom. The summed E-state index contributed by atoms with van der Waals surface area (Å²) in [7, 11) is 1.55. The molecule has 0 radical (unpaired) electrons. The van der Waals surface area contributed by atoms with Gasteiger partial charge in [-0.3, -0.25) is 4.79 Å². The monoisotopic (exact) mass is 514 g/mol. The van der Waals surface area contributed by atoms with Gasteiger partial charge in [0, 0.05) is 23.6 Å². The number of rotatable bonds is 6. The zero-order valence-corrected chi connectivity index (χ0v) is 21.1. The number of fused-ring (bicyclic) bond motifs is 4. The first-order valence-electron chi connectivity index (χ1n) is 11.9. The Bertz CT molecular complexity index is 1650. The predicted molar refractivity (Wildman–Crippen MR) is 141 cm³/mol. The third-order valence-corrected chi connectivity index (χ3v) is 7.51. The number of carbonyl (C=O) groups excluding carboxylic acids is 1. The van der Waals surface area contributed by atoms with Crippen LogP contribution in [-0.4, -0.2) is 40.6 Å². The summed E-state index contributed by atoms with van der Waals surface area (Å²) in [5, 5.41) is 3.65. The molecule has 9 heteroatoms. The normalized spacial score (nSPS) is 14.5. The van der Waals surface area contributed by atoms with Crippen LogP contribution in [0.5, 0.6) is 11.6 Å². The molecule has 7 nitrogen and oxygen atoms in total. The van der Waals surface area contributed by atoms with Gasteiger partial charge in [-0.2, -0.15) is 0 Å². The van der Waals surface area contributed by atoms with Gasteiger partial charge < -0.3 is 14.8 Å². The lowest BCUT2D eigenvalue weighted by atomic mass is 10.1. The third kappa shape index (κ3) is 4.46. The van der Waals surface area contributed by atoms with E-state index in [-0.39, 0.29) is 24.2 Å². The van der Waals surface area contributed by atoms with E-state index in [9.17, 15) is 4.79 Å². The molecule has 1 aliphatic heterocycles. The fourth-order valence-corrected chi connectivity index (χ4v) is 5.75. The summed E-state index contributed by atoms with van der Waals surface area (Å²) < 4.78 is 27.0. The predicted octanol–water partition coefficient (Wildman–Crippen LogP) is 5.03. The molecule has 0 fully saturated rings. The zero-order valence-electron chi connectivity index (χ0n) is 20.2. The van der Waals surface area contributed by atoms with E-state index in [1.165, 1.54) is 17.4 Å². The molecule has 1 N–H and O–H groups in total. The summed E-state index contributed by atoms with van der Waals surface area (Å²) in [6.45, 7) is 2.28. The number of amides is 1. The number of halogens is 1. The number of ether oxygens (including phenoxy) is 2. The van der Waals surface area contributed by atoms with E-state index in [0.717, 1.165) is 32.0 Å². The van der Waals surface area contributed by atoms with Crippen LogP contribution in [0.1, 0.15) is 16.7 Å². The number of nitrogens with one attached hydrogen (secondary N) is 1. The summed E-state index contributed by atoms with van der Waals surface area (Å²) in [6, 6.07) is 14.9. The molecule has 6 rings (SSSR count). The highest BCUT2D eigenvalue weighted by Gasteiger charge is 2.30. The molecule has 3 aromatic carbocycles. The standard InChI is InChI=1S/C28H23FN4O3S/c1-15-8-18(25-21(9-15)32-24(35-2)14-31-25)28-33-22-12-20(29)26-19(27(22)37-28)11-17(36-26)13-30-23(34)10-16-6-4-3-5-7-16/h3-9,12,14,17H,10-11,13H2,1-2H3,(H,30,34). The highest BCUT2D eigenvalue weighted by Crippen LogP contribution is 2.43. The smallest absolute Gasteiger partial charge is 0.232 e. The Hall–Kier alpha value is -4.11. The number of carbonyl (C=O) groups is 1. The molecule has 1 aliphatic rings. The van der Waals surface area contributed by atoms with Crippen LogP contribution in [0.15, 0.2) is 54.7 Å². The quantitative estimate of drug-likeness (QED) is 0.342. The number of thiazole rings is 1. The van der Waals surface area contributed by atoms with Crippen molar-refractivity contribution in [3.8, 4) is 22.2 Å². The zero-order chi connectivity index (χ0) is 25.5. The first-order chi connectivity index (χ1) is 18.0. The average molecular weight is 515 g/mol. The Morgan fingerprint density at radius 3 is 2.84 bits per heavy atom. The maximum absolute atomic E-state index is 15.0. The van der Waals surface area contributed by atoms with E-state index >= 15 is 4.39 Å². The SMILES string of the molecule is COc1cnc2c(-c3nc4cc(F)c5c(c4s3)CC(CNC(=O)Cc3ccccc3)O5)cc(C)cc2n1. The maximum atomic E-state index is 15.0.